The second-order valence-corrected chi connectivity index (χ2v) is 4.26. The first-order valence-electron chi connectivity index (χ1n) is 5.66. The molecule has 0 radical (unpaired) electrons. The minimum absolute atomic E-state index is 0.373. The Labute approximate surface area is 112 Å². The molecular formula is C12H12F3N5. The van der Waals surface area contributed by atoms with Gasteiger partial charge in [0.2, 0.25) is 0 Å². The second kappa shape index (κ2) is 4.62. The first-order valence-corrected chi connectivity index (χ1v) is 5.66. The van der Waals surface area contributed by atoms with Crippen LogP contribution in [0.2, 0.25) is 0 Å². The molecule has 0 saturated heterocycles. The van der Waals surface area contributed by atoms with Crippen molar-refractivity contribution in [1.29, 1.82) is 5.41 Å². The van der Waals surface area contributed by atoms with Crippen LogP contribution in [0.3, 0.4) is 0 Å². The Bertz CT molecular complexity index is 672. The van der Waals surface area contributed by atoms with Crippen LogP contribution in [0.1, 0.15) is 22.8 Å². The number of aromatic nitrogens is 3. The Balaban J connectivity index is 2.62. The highest BCUT2D eigenvalue weighted by Crippen LogP contribution is 2.32. The predicted molar refractivity (Wildman–Crippen MR) is 66.9 cm³/mol. The zero-order valence-electron chi connectivity index (χ0n) is 10.8. The quantitative estimate of drug-likeness (QED) is 0.655. The third kappa shape index (κ3) is 2.49. The number of alkyl halides is 3. The molecule has 3 N–H and O–H groups in total. The Kier molecular flexibility index (Phi) is 3.24. The molecule has 20 heavy (non-hydrogen) atoms. The standard InChI is InChI=1S/C12H12F3N5/c1-6-18-7(2)20(19-6)8-3-4-10(12(13,14)15)9(5-8)11(16)17/h3-5H,1-2H3,(H3,16,17). The summed E-state index contributed by atoms with van der Waals surface area (Å²) in [7, 11) is 0. The zero-order chi connectivity index (χ0) is 15.1. The lowest BCUT2D eigenvalue weighted by atomic mass is 10.1. The van der Waals surface area contributed by atoms with E-state index in [4.69, 9.17) is 11.1 Å². The van der Waals surface area contributed by atoms with Crippen LogP contribution in [-0.4, -0.2) is 20.6 Å². The van der Waals surface area contributed by atoms with Gasteiger partial charge in [-0.25, -0.2) is 9.67 Å². The van der Waals surface area contributed by atoms with E-state index >= 15 is 0 Å². The summed E-state index contributed by atoms with van der Waals surface area (Å²) < 4.78 is 39.9. The summed E-state index contributed by atoms with van der Waals surface area (Å²) in [5.41, 5.74) is 4.30. The van der Waals surface area contributed by atoms with Crippen molar-refractivity contribution in [3.8, 4) is 5.69 Å². The summed E-state index contributed by atoms with van der Waals surface area (Å²) >= 11 is 0. The minimum Gasteiger partial charge on any atom is -0.384 e. The van der Waals surface area contributed by atoms with Gasteiger partial charge in [-0.05, 0) is 32.0 Å². The molecule has 0 atom stereocenters. The normalized spacial score (nSPS) is 11.7. The number of nitrogens with zero attached hydrogens (tertiary/aromatic N) is 3. The zero-order valence-corrected chi connectivity index (χ0v) is 10.8. The number of rotatable bonds is 2. The highest BCUT2D eigenvalue weighted by atomic mass is 19.4. The van der Waals surface area contributed by atoms with Crippen molar-refractivity contribution >= 4 is 5.84 Å². The van der Waals surface area contributed by atoms with Crippen LogP contribution in [0.25, 0.3) is 5.69 Å². The number of nitrogens with two attached hydrogens (primary N) is 1. The van der Waals surface area contributed by atoms with Gasteiger partial charge in [0, 0.05) is 5.56 Å². The van der Waals surface area contributed by atoms with Crippen LogP contribution in [0.4, 0.5) is 13.2 Å². The molecule has 0 saturated carbocycles. The van der Waals surface area contributed by atoms with E-state index in [0.717, 1.165) is 6.07 Å². The highest BCUT2D eigenvalue weighted by molar-refractivity contribution is 5.97. The molecule has 0 aliphatic carbocycles. The molecule has 0 bridgehead atoms. The average molecular weight is 283 g/mol. The monoisotopic (exact) mass is 283 g/mol. The van der Waals surface area contributed by atoms with E-state index in [9.17, 15) is 13.2 Å². The van der Waals surface area contributed by atoms with Crippen LogP contribution in [0, 0.1) is 19.3 Å². The van der Waals surface area contributed by atoms with E-state index in [1.54, 1.807) is 13.8 Å². The smallest absolute Gasteiger partial charge is 0.384 e. The summed E-state index contributed by atoms with van der Waals surface area (Å²) in [6, 6.07) is 3.35. The van der Waals surface area contributed by atoms with Crippen molar-refractivity contribution in [3.05, 3.63) is 41.0 Å². The number of hydrogen-bond acceptors (Lipinski definition) is 3. The van der Waals surface area contributed by atoms with Crippen molar-refractivity contribution in [2.24, 2.45) is 5.73 Å². The lowest BCUT2D eigenvalue weighted by Crippen LogP contribution is -2.19. The number of nitrogens with one attached hydrogen (secondary N) is 1. The number of benzene rings is 1. The maximum atomic E-state index is 12.8. The van der Waals surface area contributed by atoms with E-state index in [0.29, 0.717) is 17.3 Å². The fraction of sp³-hybridized carbons (Fsp3) is 0.250. The fourth-order valence-corrected chi connectivity index (χ4v) is 1.90. The van der Waals surface area contributed by atoms with Crippen LogP contribution >= 0.6 is 0 Å². The molecule has 8 heteroatoms. The molecule has 5 nitrogen and oxygen atoms in total. The van der Waals surface area contributed by atoms with Crippen LogP contribution < -0.4 is 5.73 Å². The SMILES string of the molecule is Cc1nc(C)n(-c2ccc(C(F)(F)F)c(C(=N)N)c2)n1. The third-order valence-corrected chi connectivity index (χ3v) is 2.72. The van der Waals surface area contributed by atoms with Crippen molar-refractivity contribution in [2.45, 2.75) is 20.0 Å². The van der Waals surface area contributed by atoms with E-state index in [1.807, 2.05) is 0 Å². The van der Waals surface area contributed by atoms with Crippen molar-refractivity contribution in [2.75, 3.05) is 0 Å². The van der Waals surface area contributed by atoms with Gasteiger partial charge in [-0.2, -0.15) is 18.3 Å². The molecule has 1 aromatic carbocycles. The van der Waals surface area contributed by atoms with Gasteiger partial charge in [-0.15, -0.1) is 0 Å². The molecule has 1 heterocycles. The topological polar surface area (TPSA) is 80.6 Å². The largest absolute Gasteiger partial charge is 0.417 e. The Morgan fingerprint density at radius 1 is 1.30 bits per heavy atom. The van der Waals surface area contributed by atoms with E-state index in [1.165, 1.54) is 16.8 Å². The number of amidine groups is 1. The van der Waals surface area contributed by atoms with Gasteiger partial charge < -0.3 is 5.73 Å². The Hall–Kier alpha value is -2.38. The van der Waals surface area contributed by atoms with Gasteiger partial charge >= 0.3 is 6.18 Å². The van der Waals surface area contributed by atoms with Crippen molar-refractivity contribution < 1.29 is 13.2 Å². The van der Waals surface area contributed by atoms with Gasteiger partial charge in [0.1, 0.15) is 17.5 Å². The first-order chi connectivity index (χ1) is 9.20. The number of hydrogen-bond donors (Lipinski definition) is 2. The van der Waals surface area contributed by atoms with E-state index < -0.39 is 17.6 Å². The van der Waals surface area contributed by atoms with Gasteiger partial charge in [-0.3, -0.25) is 5.41 Å². The second-order valence-electron chi connectivity index (χ2n) is 4.26. The number of aryl methyl sites for hydroxylation is 2. The Morgan fingerprint density at radius 2 is 1.95 bits per heavy atom. The molecule has 0 aliphatic rings. The van der Waals surface area contributed by atoms with Crippen molar-refractivity contribution in [1.82, 2.24) is 14.8 Å². The minimum atomic E-state index is -4.56. The summed E-state index contributed by atoms with van der Waals surface area (Å²) in [5.74, 6) is 0.400. The molecule has 0 spiro atoms. The van der Waals surface area contributed by atoms with E-state index in [2.05, 4.69) is 10.1 Å². The van der Waals surface area contributed by atoms with Crippen LogP contribution in [-0.2, 0) is 6.18 Å². The fourth-order valence-electron chi connectivity index (χ4n) is 1.90. The molecule has 2 rings (SSSR count). The number of nitrogen functional groups attached to an aromatic ring is 1. The summed E-state index contributed by atoms with van der Waals surface area (Å²) in [6.45, 7) is 3.37. The van der Waals surface area contributed by atoms with E-state index in [-0.39, 0.29) is 5.56 Å². The molecule has 0 amide bonds. The van der Waals surface area contributed by atoms with Gasteiger partial charge in [0.15, 0.2) is 0 Å². The maximum absolute atomic E-state index is 12.8. The summed E-state index contributed by atoms with van der Waals surface area (Å²) in [5, 5.41) is 11.4. The third-order valence-electron chi connectivity index (χ3n) is 2.72. The lowest BCUT2D eigenvalue weighted by molar-refractivity contribution is -0.137. The average Bonchev–Trinajstić information content (AvgIpc) is 2.66. The van der Waals surface area contributed by atoms with Gasteiger partial charge in [0.05, 0.1) is 11.3 Å². The van der Waals surface area contributed by atoms with Gasteiger partial charge in [0.25, 0.3) is 0 Å². The van der Waals surface area contributed by atoms with Gasteiger partial charge in [-0.1, -0.05) is 0 Å². The van der Waals surface area contributed by atoms with Crippen LogP contribution in [0.15, 0.2) is 18.2 Å². The molecule has 0 unspecified atom stereocenters. The first kappa shape index (κ1) is 14.0. The Morgan fingerprint density at radius 3 is 2.40 bits per heavy atom. The lowest BCUT2D eigenvalue weighted by Gasteiger charge is -2.13. The molecule has 106 valence electrons. The molecule has 2 aromatic rings. The molecule has 1 aromatic heterocycles. The summed E-state index contributed by atoms with van der Waals surface area (Å²) in [4.78, 5) is 4.08. The predicted octanol–water partition coefficient (Wildman–Crippen LogP) is 2.19. The van der Waals surface area contributed by atoms with Crippen LogP contribution in [0.5, 0.6) is 0 Å². The highest BCUT2D eigenvalue weighted by Gasteiger charge is 2.34. The van der Waals surface area contributed by atoms with Crippen molar-refractivity contribution in [3.63, 3.8) is 0 Å². The molecule has 0 fully saturated rings. The summed E-state index contributed by atoms with van der Waals surface area (Å²) in [6.07, 6.45) is -4.56. The molecular weight excluding hydrogens is 271 g/mol. The molecule has 0 aliphatic heterocycles. The maximum Gasteiger partial charge on any atom is 0.417 e. The number of halogens is 3.